The number of methoxy groups -OCH3 is 1. The lowest BCUT2D eigenvalue weighted by molar-refractivity contribution is -0.123. The second kappa shape index (κ2) is 14.8. The molecular formula is C30H31ClN6O5. The highest BCUT2D eigenvalue weighted by atomic mass is 35.5. The average Bonchev–Trinajstić information content (AvgIpc) is 2.99. The maximum Gasteiger partial charge on any atom is 0.246 e. The fourth-order valence-corrected chi connectivity index (χ4v) is 4.07. The zero-order valence-electron chi connectivity index (χ0n) is 23.2. The van der Waals surface area contributed by atoms with Crippen molar-refractivity contribution in [3.63, 3.8) is 0 Å². The number of hydrogen-bond donors (Lipinski definition) is 3. The Labute approximate surface area is 248 Å². The number of pyridine rings is 1. The van der Waals surface area contributed by atoms with E-state index in [1.165, 1.54) is 6.33 Å². The van der Waals surface area contributed by atoms with Gasteiger partial charge in [-0.05, 0) is 49.4 Å². The van der Waals surface area contributed by atoms with Crippen molar-refractivity contribution in [2.45, 2.75) is 26.0 Å². The Morgan fingerprint density at radius 1 is 1.05 bits per heavy atom. The number of ether oxygens (including phenoxy) is 3. The Bertz CT molecular complexity index is 1550. The van der Waals surface area contributed by atoms with Crippen LogP contribution < -0.4 is 25.4 Å². The van der Waals surface area contributed by atoms with Crippen molar-refractivity contribution in [2.24, 2.45) is 0 Å². The van der Waals surface area contributed by atoms with Gasteiger partial charge in [-0.3, -0.25) is 14.6 Å². The molecule has 0 bridgehead atoms. The molecule has 0 aliphatic heterocycles. The molecule has 2 amide bonds. The van der Waals surface area contributed by atoms with E-state index in [2.05, 4.69) is 37.5 Å². The van der Waals surface area contributed by atoms with Crippen molar-refractivity contribution in [3.8, 4) is 11.5 Å². The summed E-state index contributed by atoms with van der Waals surface area (Å²) in [6, 6.07) is 13.5. The topological polar surface area (TPSA) is 137 Å². The molecule has 4 aromatic rings. The predicted molar refractivity (Wildman–Crippen MR) is 161 cm³/mol. The number of nitrogens with one attached hydrogen (secondary N) is 3. The number of rotatable bonds is 14. The van der Waals surface area contributed by atoms with Crippen LogP contribution in [0.1, 0.15) is 19.0 Å². The van der Waals surface area contributed by atoms with Crippen LogP contribution in [-0.4, -0.2) is 53.1 Å². The number of hydrogen-bond acceptors (Lipinski definition) is 9. The molecule has 12 heteroatoms. The van der Waals surface area contributed by atoms with E-state index in [1.54, 1.807) is 44.5 Å². The van der Waals surface area contributed by atoms with Gasteiger partial charge in [0.25, 0.3) is 0 Å². The zero-order chi connectivity index (χ0) is 29.9. The van der Waals surface area contributed by atoms with E-state index in [0.717, 1.165) is 11.8 Å². The molecule has 0 radical (unpaired) electrons. The third-order valence-electron chi connectivity index (χ3n) is 5.98. The summed E-state index contributed by atoms with van der Waals surface area (Å²) < 4.78 is 16.9. The Hall–Kier alpha value is -4.74. The van der Waals surface area contributed by atoms with Crippen LogP contribution in [0.15, 0.2) is 73.7 Å². The first kappa shape index (κ1) is 30.2. The molecule has 3 N–H and O–H groups in total. The van der Waals surface area contributed by atoms with Gasteiger partial charge >= 0.3 is 0 Å². The third-order valence-corrected chi connectivity index (χ3v) is 6.27. The quantitative estimate of drug-likeness (QED) is 0.136. The lowest BCUT2D eigenvalue weighted by Crippen LogP contribution is -2.40. The van der Waals surface area contributed by atoms with Gasteiger partial charge in [0.1, 0.15) is 36.3 Å². The summed E-state index contributed by atoms with van der Waals surface area (Å²) in [6.45, 7) is 6.14. The van der Waals surface area contributed by atoms with E-state index < -0.39 is 17.9 Å². The molecule has 2 aromatic heterocycles. The molecule has 0 aliphatic carbocycles. The average molecular weight is 591 g/mol. The molecule has 218 valence electrons. The second-order valence-electron chi connectivity index (χ2n) is 9.09. The maximum atomic E-state index is 12.9. The smallest absolute Gasteiger partial charge is 0.246 e. The van der Waals surface area contributed by atoms with E-state index in [0.29, 0.717) is 64.3 Å². The number of fused-ring (bicyclic) bond motifs is 1. The first-order valence-corrected chi connectivity index (χ1v) is 13.5. The van der Waals surface area contributed by atoms with Gasteiger partial charge in [-0.2, -0.15) is 0 Å². The minimum absolute atomic E-state index is 0.282. The summed E-state index contributed by atoms with van der Waals surface area (Å²) in [5.41, 5.74) is 2.42. The molecule has 11 nitrogen and oxygen atoms in total. The van der Waals surface area contributed by atoms with Gasteiger partial charge in [0.05, 0.1) is 28.5 Å². The van der Waals surface area contributed by atoms with Gasteiger partial charge in [-0.25, -0.2) is 9.97 Å². The number of benzene rings is 2. The number of carbonyl (C=O) groups excluding carboxylic acids is 2. The van der Waals surface area contributed by atoms with Crippen molar-refractivity contribution >= 4 is 51.5 Å². The molecule has 1 atom stereocenters. The van der Waals surface area contributed by atoms with E-state index in [-0.39, 0.29) is 6.61 Å². The number of nitrogens with zero attached hydrogens (tertiary/aromatic N) is 3. The fraction of sp³-hybridized carbons (Fsp3) is 0.233. The van der Waals surface area contributed by atoms with Crippen LogP contribution in [0.2, 0.25) is 5.02 Å². The monoisotopic (exact) mass is 590 g/mol. The Kier molecular flexibility index (Phi) is 10.6. The summed E-state index contributed by atoms with van der Waals surface area (Å²) in [5.74, 6) is 0.506. The number of halogens is 1. The zero-order valence-corrected chi connectivity index (χ0v) is 24.0. The van der Waals surface area contributed by atoms with Crippen molar-refractivity contribution in [1.82, 2.24) is 20.3 Å². The van der Waals surface area contributed by atoms with Gasteiger partial charge in [0, 0.05) is 43.5 Å². The van der Waals surface area contributed by atoms with Crippen molar-refractivity contribution in [3.05, 3.63) is 84.4 Å². The summed E-state index contributed by atoms with van der Waals surface area (Å²) in [7, 11) is 1.61. The number of carbonyl (C=O) groups is 2. The second-order valence-corrected chi connectivity index (χ2v) is 9.49. The molecule has 2 heterocycles. The van der Waals surface area contributed by atoms with Crippen LogP contribution in [0, 0.1) is 0 Å². The fourth-order valence-electron chi connectivity index (χ4n) is 3.83. The molecule has 4 rings (SSSR count). The molecular weight excluding hydrogens is 560 g/mol. The molecule has 42 heavy (non-hydrogen) atoms. The van der Waals surface area contributed by atoms with Gasteiger partial charge in [0.2, 0.25) is 11.8 Å². The van der Waals surface area contributed by atoms with Crippen LogP contribution in [0.25, 0.3) is 10.9 Å². The lowest BCUT2D eigenvalue weighted by atomic mass is 10.1. The molecule has 0 spiro atoms. The van der Waals surface area contributed by atoms with Crippen LogP contribution in [0.4, 0.5) is 17.2 Å². The molecule has 0 unspecified atom stereocenters. The van der Waals surface area contributed by atoms with Gasteiger partial charge in [-0.1, -0.05) is 24.2 Å². The summed E-state index contributed by atoms with van der Waals surface area (Å²) in [5, 5.41) is 9.67. The van der Waals surface area contributed by atoms with E-state index in [4.69, 9.17) is 25.8 Å². The van der Waals surface area contributed by atoms with E-state index in [1.807, 2.05) is 24.3 Å². The van der Waals surface area contributed by atoms with Gasteiger partial charge in [-0.15, -0.1) is 0 Å². The minimum atomic E-state index is -0.822. The van der Waals surface area contributed by atoms with Gasteiger partial charge in [0.15, 0.2) is 0 Å². The maximum absolute atomic E-state index is 12.9. The first-order valence-electron chi connectivity index (χ1n) is 13.1. The Morgan fingerprint density at radius 2 is 1.90 bits per heavy atom. The van der Waals surface area contributed by atoms with E-state index >= 15 is 0 Å². The molecule has 2 aromatic carbocycles. The first-order chi connectivity index (χ1) is 20.4. The largest absolute Gasteiger partial charge is 0.491 e. The van der Waals surface area contributed by atoms with Crippen molar-refractivity contribution < 1.29 is 23.8 Å². The Morgan fingerprint density at radius 3 is 2.64 bits per heavy atom. The number of anilines is 3. The summed E-state index contributed by atoms with van der Waals surface area (Å²) in [6.07, 6.45) is 4.88. The normalized spacial score (nSPS) is 11.4. The van der Waals surface area contributed by atoms with Crippen molar-refractivity contribution in [2.75, 3.05) is 31.0 Å². The van der Waals surface area contributed by atoms with Crippen molar-refractivity contribution in [1.29, 1.82) is 0 Å². The molecule has 0 fully saturated rings. The molecule has 0 saturated carbocycles. The summed E-state index contributed by atoms with van der Waals surface area (Å²) in [4.78, 5) is 37.7. The highest BCUT2D eigenvalue weighted by molar-refractivity contribution is 6.32. The van der Waals surface area contributed by atoms with Crippen LogP contribution >= 0.6 is 11.6 Å². The summed E-state index contributed by atoms with van der Waals surface area (Å²) >= 11 is 6.50. The SMILES string of the molecule is C=CC(=O)N[C@@H](C)C(=O)Nc1cc2c(Nc3ccc(OCc4ccccn4)c(Cl)c3)ncnc2cc1OCCCOC. The van der Waals surface area contributed by atoms with Crippen LogP contribution in [-0.2, 0) is 20.9 Å². The third kappa shape index (κ3) is 8.15. The highest BCUT2D eigenvalue weighted by Gasteiger charge is 2.19. The number of amides is 2. The standard InChI is InChI=1S/C30H31ClN6O5/c1-4-28(38)35-19(2)30(39)37-25-15-22-24(16-27(25)41-13-7-12-40-3)33-18-34-29(22)36-20-9-10-26(23(31)14-20)42-17-21-8-5-6-11-32-21/h4-6,8-11,14-16,18-19H,1,7,12-13,17H2,2-3H3,(H,35,38)(H,37,39)(H,33,34,36)/t19-/m0/s1. The van der Waals surface area contributed by atoms with Gasteiger partial charge < -0.3 is 30.2 Å². The number of aromatic nitrogens is 3. The van der Waals surface area contributed by atoms with Crippen LogP contribution in [0.3, 0.4) is 0 Å². The van der Waals surface area contributed by atoms with Crippen LogP contribution in [0.5, 0.6) is 11.5 Å². The molecule has 0 saturated heterocycles. The minimum Gasteiger partial charge on any atom is -0.491 e. The lowest BCUT2D eigenvalue weighted by Gasteiger charge is -2.18. The predicted octanol–water partition coefficient (Wildman–Crippen LogP) is 5.05. The molecule has 0 aliphatic rings. The van der Waals surface area contributed by atoms with E-state index in [9.17, 15) is 9.59 Å². The Balaban J connectivity index is 1.58. The highest BCUT2D eigenvalue weighted by Crippen LogP contribution is 2.35.